The van der Waals surface area contributed by atoms with E-state index in [1.165, 1.54) is 5.56 Å². The molecular formula is C27H34N6. The number of likely N-dealkylation sites (N-methyl/N-ethyl adjacent to an activating group) is 1. The van der Waals surface area contributed by atoms with Gasteiger partial charge in [0, 0.05) is 32.6 Å². The van der Waals surface area contributed by atoms with Gasteiger partial charge in [-0.25, -0.2) is 9.98 Å². The van der Waals surface area contributed by atoms with E-state index < -0.39 is 0 Å². The lowest BCUT2D eigenvalue weighted by Crippen LogP contribution is -2.44. The Morgan fingerprint density at radius 2 is 1.76 bits per heavy atom. The van der Waals surface area contributed by atoms with Gasteiger partial charge in [0.25, 0.3) is 0 Å². The predicted molar refractivity (Wildman–Crippen MR) is 139 cm³/mol. The molecule has 1 aromatic heterocycles. The normalized spacial score (nSPS) is 15.8. The Kier molecular flexibility index (Phi) is 7.04. The van der Waals surface area contributed by atoms with Crippen molar-refractivity contribution in [3.05, 3.63) is 60.8 Å². The number of nitrogens with two attached hydrogens (primary N) is 1. The Hall–Kier alpha value is -3.25. The molecule has 3 heterocycles. The third-order valence-corrected chi connectivity index (χ3v) is 6.05. The van der Waals surface area contributed by atoms with E-state index in [1.807, 2.05) is 18.3 Å². The van der Waals surface area contributed by atoms with Crippen molar-refractivity contribution < 1.29 is 0 Å². The summed E-state index contributed by atoms with van der Waals surface area (Å²) in [4.78, 5) is 18.6. The molecule has 3 aromatic rings. The molecule has 6 nitrogen and oxygen atoms in total. The molecular weight excluding hydrogens is 408 g/mol. The summed E-state index contributed by atoms with van der Waals surface area (Å²) in [5, 5.41) is 0. The fourth-order valence-corrected chi connectivity index (χ4v) is 4.09. The SMILES string of the molecule is C=CCC(C)C.CN1CCN(c2cnc3ccc(-c4ccc5c(c4)N=C(N)C5)cc3n2)CC1. The average molecular weight is 443 g/mol. The van der Waals surface area contributed by atoms with Crippen molar-refractivity contribution in [1.29, 1.82) is 0 Å². The molecule has 6 heteroatoms. The number of nitrogens with zero attached hydrogens (tertiary/aromatic N) is 5. The van der Waals surface area contributed by atoms with Crippen LogP contribution in [0.2, 0.25) is 0 Å². The third-order valence-electron chi connectivity index (χ3n) is 6.05. The minimum Gasteiger partial charge on any atom is -0.387 e. The van der Waals surface area contributed by atoms with Crippen LogP contribution in [0, 0.1) is 5.92 Å². The van der Waals surface area contributed by atoms with Gasteiger partial charge in [-0.05, 0) is 54.3 Å². The van der Waals surface area contributed by atoms with E-state index in [0.29, 0.717) is 5.84 Å². The molecule has 5 rings (SSSR count). The Balaban J connectivity index is 0.000000385. The highest BCUT2D eigenvalue weighted by Gasteiger charge is 2.17. The summed E-state index contributed by atoms with van der Waals surface area (Å²) in [6, 6.07) is 12.6. The molecule has 0 atom stereocenters. The van der Waals surface area contributed by atoms with Gasteiger partial charge in [0.2, 0.25) is 0 Å². The molecule has 0 aliphatic carbocycles. The van der Waals surface area contributed by atoms with Gasteiger partial charge in [-0.3, -0.25) is 4.98 Å². The van der Waals surface area contributed by atoms with Gasteiger partial charge >= 0.3 is 0 Å². The zero-order valence-electron chi connectivity index (χ0n) is 20.0. The van der Waals surface area contributed by atoms with Crippen LogP contribution in [0.1, 0.15) is 25.8 Å². The molecule has 0 spiro atoms. The van der Waals surface area contributed by atoms with E-state index >= 15 is 0 Å². The number of aliphatic imine (C=N–C) groups is 1. The summed E-state index contributed by atoms with van der Waals surface area (Å²) in [6.45, 7) is 12.0. The van der Waals surface area contributed by atoms with Crippen LogP contribution in [0.4, 0.5) is 11.5 Å². The molecule has 1 saturated heterocycles. The van der Waals surface area contributed by atoms with Gasteiger partial charge in [0.15, 0.2) is 0 Å². The molecule has 172 valence electrons. The van der Waals surface area contributed by atoms with Crippen molar-refractivity contribution in [3.8, 4) is 11.1 Å². The maximum atomic E-state index is 5.87. The van der Waals surface area contributed by atoms with Gasteiger partial charge in [0.05, 0.1) is 22.9 Å². The lowest BCUT2D eigenvalue weighted by Gasteiger charge is -2.33. The quantitative estimate of drug-likeness (QED) is 0.587. The van der Waals surface area contributed by atoms with Crippen LogP contribution in [0.3, 0.4) is 0 Å². The second kappa shape index (κ2) is 10.1. The van der Waals surface area contributed by atoms with Gasteiger partial charge in [0.1, 0.15) is 11.7 Å². The van der Waals surface area contributed by atoms with Crippen molar-refractivity contribution in [2.24, 2.45) is 16.6 Å². The minimum atomic E-state index is 0.684. The monoisotopic (exact) mass is 442 g/mol. The van der Waals surface area contributed by atoms with Crippen LogP contribution in [0.5, 0.6) is 0 Å². The first kappa shape index (κ1) is 22.9. The second-order valence-corrected chi connectivity index (χ2v) is 9.26. The number of piperazine rings is 1. The van der Waals surface area contributed by atoms with E-state index in [2.05, 4.69) is 77.6 Å². The molecule has 0 unspecified atom stereocenters. The van der Waals surface area contributed by atoms with Crippen LogP contribution in [-0.2, 0) is 6.42 Å². The van der Waals surface area contributed by atoms with Crippen molar-refractivity contribution in [3.63, 3.8) is 0 Å². The molecule has 1 fully saturated rings. The molecule has 0 amide bonds. The molecule has 2 aliphatic rings. The van der Waals surface area contributed by atoms with Crippen LogP contribution >= 0.6 is 0 Å². The van der Waals surface area contributed by atoms with E-state index in [0.717, 1.165) is 78.6 Å². The predicted octanol–water partition coefficient (Wildman–Crippen LogP) is 4.81. The van der Waals surface area contributed by atoms with Gasteiger partial charge < -0.3 is 15.5 Å². The third kappa shape index (κ3) is 5.57. The highest BCUT2D eigenvalue weighted by Crippen LogP contribution is 2.32. The van der Waals surface area contributed by atoms with Crippen LogP contribution in [0.25, 0.3) is 22.2 Å². The second-order valence-electron chi connectivity index (χ2n) is 9.26. The van der Waals surface area contributed by atoms with Gasteiger partial charge in [-0.2, -0.15) is 0 Å². The largest absolute Gasteiger partial charge is 0.387 e. The number of fused-ring (bicyclic) bond motifs is 2. The van der Waals surface area contributed by atoms with E-state index in [9.17, 15) is 0 Å². The maximum Gasteiger partial charge on any atom is 0.147 e. The smallest absolute Gasteiger partial charge is 0.147 e. The summed E-state index contributed by atoms with van der Waals surface area (Å²) < 4.78 is 0. The molecule has 0 radical (unpaired) electrons. The zero-order chi connectivity index (χ0) is 23.4. The number of allylic oxidation sites excluding steroid dienone is 1. The van der Waals surface area contributed by atoms with Crippen molar-refractivity contribution >= 4 is 28.4 Å². The fourth-order valence-electron chi connectivity index (χ4n) is 4.09. The van der Waals surface area contributed by atoms with Crippen molar-refractivity contribution in [1.82, 2.24) is 14.9 Å². The minimum absolute atomic E-state index is 0.684. The first-order valence-corrected chi connectivity index (χ1v) is 11.7. The number of amidine groups is 1. The molecule has 0 bridgehead atoms. The lowest BCUT2D eigenvalue weighted by molar-refractivity contribution is 0.312. The van der Waals surface area contributed by atoms with E-state index in [1.54, 1.807) is 0 Å². The van der Waals surface area contributed by atoms with Crippen LogP contribution in [-0.4, -0.2) is 53.9 Å². The van der Waals surface area contributed by atoms with Crippen molar-refractivity contribution in [2.75, 3.05) is 38.1 Å². The van der Waals surface area contributed by atoms with Crippen molar-refractivity contribution in [2.45, 2.75) is 26.7 Å². The maximum absolute atomic E-state index is 5.87. The number of anilines is 1. The highest BCUT2D eigenvalue weighted by atomic mass is 15.3. The molecule has 2 aromatic carbocycles. The standard InChI is InChI=1S/C21H22N6.C6H12/c1-26-6-8-27(9-7-26)21-13-23-17-5-4-15(11-19(17)25-21)14-2-3-16-12-20(22)24-18(16)10-14;1-4-5-6(2)3/h2-5,10-11,13H,6-9,12H2,1H3,(H2,22,24);4,6H,1,5H2,2-3H3. The van der Waals surface area contributed by atoms with Crippen LogP contribution in [0.15, 0.2) is 60.2 Å². The number of benzene rings is 2. The molecule has 0 saturated carbocycles. The Morgan fingerprint density at radius 1 is 1.03 bits per heavy atom. The average Bonchev–Trinajstić information content (AvgIpc) is 3.18. The molecule has 2 N–H and O–H groups in total. The lowest BCUT2D eigenvalue weighted by atomic mass is 10.0. The Bertz CT molecular complexity index is 1160. The zero-order valence-corrected chi connectivity index (χ0v) is 20.0. The van der Waals surface area contributed by atoms with E-state index in [4.69, 9.17) is 10.7 Å². The Morgan fingerprint density at radius 3 is 2.45 bits per heavy atom. The first-order chi connectivity index (χ1) is 15.9. The highest BCUT2D eigenvalue weighted by molar-refractivity contribution is 5.92. The summed E-state index contributed by atoms with van der Waals surface area (Å²) in [5.41, 5.74) is 12.1. The summed E-state index contributed by atoms with van der Waals surface area (Å²) >= 11 is 0. The summed E-state index contributed by atoms with van der Waals surface area (Å²) in [6.07, 6.45) is 5.72. The molecule has 33 heavy (non-hydrogen) atoms. The topological polar surface area (TPSA) is 70.6 Å². The number of hydrogen-bond donors (Lipinski definition) is 1. The number of rotatable bonds is 4. The summed E-state index contributed by atoms with van der Waals surface area (Å²) in [7, 11) is 2.16. The van der Waals surface area contributed by atoms with Crippen LogP contribution < -0.4 is 10.6 Å². The number of aromatic nitrogens is 2. The first-order valence-electron chi connectivity index (χ1n) is 11.7. The van der Waals surface area contributed by atoms with Gasteiger partial charge in [-0.15, -0.1) is 6.58 Å². The van der Waals surface area contributed by atoms with E-state index in [-0.39, 0.29) is 0 Å². The summed E-state index contributed by atoms with van der Waals surface area (Å²) in [5.74, 6) is 2.42. The number of hydrogen-bond acceptors (Lipinski definition) is 6. The Labute approximate surface area is 196 Å². The fraction of sp³-hybridized carbons (Fsp3) is 0.370. The molecule has 2 aliphatic heterocycles. The van der Waals surface area contributed by atoms with Gasteiger partial charge in [-0.1, -0.05) is 38.1 Å².